The third kappa shape index (κ3) is 4.98. The number of hydrogen-bond acceptors (Lipinski definition) is 3. The fraction of sp³-hybridized carbons (Fsp3) is 0.160. The van der Waals surface area contributed by atoms with Crippen molar-refractivity contribution in [1.29, 1.82) is 0 Å². The molecule has 1 heterocycles. The van der Waals surface area contributed by atoms with Crippen LogP contribution < -0.4 is 15.5 Å². The molecule has 3 aromatic carbocycles. The Morgan fingerprint density at radius 3 is 2.38 bits per heavy atom. The molecule has 6 nitrogen and oxygen atoms in total. The largest absolute Gasteiger partial charge is 0.348 e. The van der Waals surface area contributed by atoms with Gasteiger partial charge in [0, 0.05) is 30.2 Å². The Hall–Kier alpha value is -3.64. The van der Waals surface area contributed by atoms with Crippen molar-refractivity contribution in [2.45, 2.75) is 13.0 Å². The summed E-state index contributed by atoms with van der Waals surface area (Å²) in [6, 6.07) is 23.4. The molecule has 1 atom stereocenters. The van der Waals surface area contributed by atoms with Gasteiger partial charge < -0.3 is 15.5 Å². The molecular weight excluding hydrogens is 426 g/mol. The molecule has 1 saturated heterocycles. The standard InChI is InChI=1S/C25H22ClN3O3/c26-19-10-12-20(13-11-19)29-16-18(14-23(29)30)24(31)28-22-9-5-4-8-21(22)25(32)27-15-17-6-2-1-3-7-17/h1-13,18H,14-16H2,(H,27,32)(H,28,31). The topological polar surface area (TPSA) is 78.5 Å². The van der Waals surface area contributed by atoms with Crippen LogP contribution in [0.4, 0.5) is 11.4 Å². The minimum absolute atomic E-state index is 0.108. The van der Waals surface area contributed by atoms with Crippen molar-refractivity contribution in [1.82, 2.24) is 5.32 Å². The fourth-order valence-electron chi connectivity index (χ4n) is 3.65. The van der Waals surface area contributed by atoms with Crippen molar-refractivity contribution in [3.05, 3.63) is 95.0 Å². The number of amides is 3. The number of carbonyl (C=O) groups excluding carboxylic acids is 3. The molecule has 0 aliphatic carbocycles. The Bertz CT molecular complexity index is 1130. The molecule has 1 aliphatic rings. The summed E-state index contributed by atoms with van der Waals surface area (Å²) in [4.78, 5) is 39.7. The van der Waals surface area contributed by atoms with Gasteiger partial charge in [0.2, 0.25) is 11.8 Å². The van der Waals surface area contributed by atoms with Crippen LogP contribution in [-0.2, 0) is 16.1 Å². The lowest BCUT2D eigenvalue weighted by Crippen LogP contribution is -2.29. The van der Waals surface area contributed by atoms with Gasteiger partial charge in [-0.3, -0.25) is 14.4 Å². The minimum atomic E-state index is -0.515. The van der Waals surface area contributed by atoms with E-state index in [1.165, 1.54) is 0 Å². The molecule has 4 rings (SSSR count). The van der Waals surface area contributed by atoms with E-state index in [9.17, 15) is 14.4 Å². The average Bonchev–Trinajstić information content (AvgIpc) is 3.21. The maximum atomic E-state index is 12.9. The number of nitrogens with zero attached hydrogens (tertiary/aromatic N) is 1. The van der Waals surface area contributed by atoms with E-state index in [-0.39, 0.29) is 30.7 Å². The zero-order chi connectivity index (χ0) is 22.5. The second kappa shape index (κ2) is 9.66. The predicted molar refractivity (Wildman–Crippen MR) is 125 cm³/mol. The summed E-state index contributed by atoms with van der Waals surface area (Å²) < 4.78 is 0. The Morgan fingerprint density at radius 1 is 0.938 bits per heavy atom. The first-order chi connectivity index (χ1) is 15.5. The highest BCUT2D eigenvalue weighted by molar-refractivity contribution is 6.30. The van der Waals surface area contributed by atoms with Crippen LogP contribution in [-0.4, -0.2) is 24.3 Å². The van der Waals surface area contributed by atoms with Crippen LogP contribution in [0.2, 0.25) is 5.02 Å². The third-order valence-electron chi connectivity index (χ3n) is 5.36. The normalized spacial score (nSPS) is 15.5. The van der Waals surface area contributed by atoms with Gasteiger partial charge in [-0.25, -0.2) is 0 Å². The Balaban J connectivity index is 1.42. The number of para-hydroxylation sites is 1. The highest BCUT2D eigenvalue weighted by Crippen LogP contribution is 2.27. The monoisotopic (exact) mass is 447 g/mol. The molecule has 0 spiro atoms. The Morgan fingerprint density at radius 2 is 1.62 bits per heavy atom. The van der Waals surface area contributed by atoms with Crippen molar-refractivity contribution in [3.8, 4) is 0 Å². The van der Waals surface area contributed by atoms with E-state index < -0.39 is 5.92 Å². The SMILES string of the molecule is O=C(NCc1ccccc1)c1ccccc1NC(=O)C1CC(=O)N(c2ccc(Cl)cc2)C1. The summed E-state index contributed by atoms with van der Waals surface area (Å²) >= 11 is 5.92. The van der Waals surface area contributed by atoms with Crippen LogP contribution in [0, 0.1) is 5.92 Å². The van der Waals surface area contributed by atoms with Crippen molar-refractivity contribution in [2.75, 3.05) is 16.8 Å². The van der Waals surface area contributed by atoms with Crippen LogP contribution in [0.25, 0.3) is 0 Å². The molecule has 1 unspecified atom stereocenters. The first-order valence-electron chi connectivity index (χ1n) is 10.3. The first-order valence-corrected chi connectivity index (χ1v) is 10.7. The fourth-order valence-corrected chi connectivity index (χ4v) is 3.78. The van der Waals surface area contributed by atoms with Crippen LogP contribution in [0.15, 0.2) is 78.9 Å². The summed E-state index contributed by atoms with van der Waals surface area (Å²) in [5.41, 5.74) is 2.47. The van der Waals surface area contributed by atoms with Gasteiger partial charge in [0.1, 0.15) is 0 Å². The zero-order valence-corrected chi connectivity index (χ0v) is 18.0. The van der Waals surface area contributed by atoms with Crippen LogP contribution in [0.5, 0.6) is 0 Å². The lowest BCUT2D eigenvalue weighted by atomic mass is 10.1. The highest BCUT2D eigenvalue weighted by Gasteiger charge is 2.35. The van der Waals surface area contributed by atoms with E-state index in [1.807, 2.05) is 30.3 Å². The van der Waals surface area contributed by atoms with Crippen LogP contribution in [0.3, 0.4) is 0 Å². The molecule has 2 N–H and O–H groups in total. The van der Waals surface area contributed by atoms with Gasteiger partial charge in [0.05, 0.1) is 17.2 Å². The van der Waals surface area contributed by atoms with Gasteiger partial charge >= 0.3 is 0 Å². The maximum absolute atomic E-state index is 12.9. The number of benzene rings is 3. The average molecular weight is 448 g/mol. The molecule has 162 valence electrons. The third-order valence-corrected chi connectivity index (χ3v) is 5.61. The predicted octanol–water partition coefficient (Wildman–Crippen LogP) is 4.26. The summed E-state index contributed by atoms with van der Waals surface area (Å²) in [5, 5.41) is 6.29. The lowest BCUT2D eigenvalue weighted by molar-refractivity contribution is -0.122. The van der Waals surface area contributed by atoms with E-state index in [1.54, 1.807) is 53.4 Å². The van der Waals surface area contributed by atoms with Gasteiger partial charge in [-0.05, 0) is 42.0 Å². The summed E-state index contributed by atoms with van der Waals surface area (Å²) in [5.74, 6) is -1.21. The molecule has 1 aliphatic heterocycles. The number of rotatable bonds is 6. The molecule has 7 heteroatoms. The van der Waals surface area contributed by atoms with Crippen molar-refractivity contribution >= 4 is 40.7 Å². The van der Waals surface area contributed by atoms with E-state index in [4.69, 9.17) is 11.6 Å². The van der Waals surface area contributed by atoms with Crippen molar-refractivity contribution in [3.63, 3.8) is 0 Å². The van der Waals surface area contributed by atoms with Crippen LogP contribution >= 0.6 is 11.6 Å². The first kappa shape index (κ1) is 21.6. The van der Waals surface area contributed by atoms with Gasteiger partial charge in [-0.1, -0.05) is 54.1 Å². The Kier molecular flexibility index (Phi) is 6.52. The smallest absolute Gasteiger partial charge is 0.253 e. The van der Waals surface area contributed by atoms with E-state index >= 15 is 0 Å². The van der Waals surface area contributed by atoms with Gasteiger partial charge in [-0.15, -0.1) is 0 Å². The van der Waals surface area contributed by atoms with Gasteiger partial charge in [0.25, 0.3) is 5.91 Å². The second-order valence-corrected chi connectivity index (χ2v) is 8.02. The van der Waals surface area contributed by atoms with Crippen molar-refractivity contribution in [2.24, 2.45) is 5.92 Å². The molecular formula is C25H22ClN3O3. The number of nitrogens with one attached hydrogen (secondary N) is 2. The molecule has 32 heavy (non-hydrogen) atoms. The molecule has 0 bridgehead atoms. The number of hydrogen-bond donors (Lipinski definition) is 2. The molecule has 3 aromatic rings. The number of anilines is 2. The molecule has 0 aromatic heterocycles. The highest BCUT2D eigenvalue weighted by atomic mass is 35.5. The minimum Gasteiger partial charge on any atom is -0.348 e. The molecule has 0 saturated carbocycles. The van der Waals surface area contributed by atoms with Crippen molar-refractivity contribution < 1.29 is 14.4 Å². The summed E-state index contributed by atoms with van der Waals surface area (Å²) in [6.07, 6.45) is 0.108. The Labute approximate surface area is 191 Å². The lowest BCUT2D eigenvalue weighted by Gasteiger charge is -2.17. The molecule has 3 amide bonds. The van der Waals surface area contributed by atoms with E-state index in [2.05, 4.69) is 10.6 Å². The summed E-state index contributed by atoms with van der Waals surface area (Å²) in [7, 11) is 0. The van der Waals surface area contributed by atoms with Crippen LogP contribution in [0.1, 0.15) is 22.3 Å². The molecule has 1 fully saturated rings. The quantitative estimate of drug-likeness (QED) is 0.592. The molecule has 0 radical (unpaired) electrons. The summed E-state index contributed by atoms with van der Waals surface area (Å²) in [6.45, 7) is 0.657. The van der Waals surface area contributed by atoms with E-state index in [0.717, 1.165) is 5.56 Å². The number of carbonyl (C=O) groups is 3. The van der Waals surface area contributed by atoms with E-state index in [0.29, 0.717) is 28.5 Å². The maximum Gasteiger partial charge on any atom is 0.253 e. The van der Waals surface area contributed by atoms with Gasteiger partial charge in [-0.2, -0.15) is 0 Å². The number of halogens is 1. The second-order valence-electron chi connectivity index (χ2n) is 7.58. The zero-order valence-electron chi connectivity index (χ0n) is 17.3. The van der Waals surface area contributed by atoms with Gasteiger partial charge in [0.15, 0.2) is 0 Å².